The van der Waals surface area contributed by atoms with Gasteiger partial charge in [-0.15, -0.1) is 0 Å². The third-order valence-electron chi connectivity index (χ3n) is 3.33. The van der Waals surface area contributed by atoms with Crippen LogP contribution in [0.15, 0.2) is 72.9 Å². The maximum Gasteiger partial charge on any atom is 0.263 e. The van der Waals surface area contributed by atoms with E-state index in [2.05, 4.69) is 10.3 Å². The van der Waals surface area contributed by atoms with Crippen molar-refractivity contribution in [2.75, 3.05) is 11.9 Å². The third kappa shape index (κ3) is 4.12. The average molecular weight is 339 g/mol. The van der Waals surface area contributed by atoms with Gasteiger partial charge in [-0.25, -0.2) is 4.98 Å². The molecule has 0 saturated carbocycles. The highest BCUT2D eigenvalue weighted by atomic mass is 35.5. The van der Waals surface area contributed by atoms with Crippen LogP contribution in [0.25, 0.3) is 11.1 Å². The molecule has 0 spiro atoms. The Morgan fingerprint density at radius 2 is 1.79 bits per heavy atom. The molecule has 0 atom stereocenters. The molecule has 120 valence electrons. The molecule has 2 aromatic carbocycles. The van der Waals surface area contributed by atoms with Gasteiger partial charge in [-0.3, -0.25) is 4.79 Å². The minimum Gasteiger partial charge on any atom is -0.482 e. The van der Waals surface area contributed by atoms with E-state index in [1.165, 1.54) is 0 Å². The average Bonchev–Trinajstić information content (AvgIpc) is 2.62. The molecule has 0 aliphatic heterocycles. The molecule has 3 rings (SSSR count). The number of carbonyl (C=O) groups excluding carboxylic acids is 1. The molecule has 1 aromatic heterocycles. The molecule has 0 aliphatic rings. The van der Waals surface area contributed by atoms with Crippen LogP contribution < -0.4 is 10.1 Å². The first-order chi connectivity index (χ1) is 11.7. The van der Waals surface area contributed by atoms with E-state index in [4.69, 9.17) is 16.3 Å². The highest BCUT2D eigenvalue weighted by Gasteiger charge is 2.08. The van der Waals surface area contributed by atoms with Crippen molar-refractivity contribution < 1.29 is 9.53 Å². The number of nitrogens with one attached hydrogen (secondary N) is 1. The largest absolute Gasteiger partial charge is 0.482 e. The van der Waals surface area contributed by atoms with Crippen LogP contribution in [-0.2, 0) is 4.79 Å². The summed E-state index contributed by atoms with van der Waals surface area (Å²) in [6.45, 7) is -0.138. The number of ether oxygens (including phenoxy) is 1. The SMILES string of the molecule is O=C(COc1ccc(-c2ccccc2)cc1Cl)Nc1ccccn1. The first kappa shape index (κ1) is 16.0. The molecule has 1 N–H and O–H groups in total. The number of anilines is 1. The van der Waals surface area contributed by atoms with Gasteiger partial charge in [0.25, 0.3) is 5.91 Å². The summed E-state index contributed by atoms with van der Waals surface area (Å²) < 4.78 is 5.49. The van der Waals surface area contributed by atoms with Crippen molar-refractivity contribution in [3.8, 4) is 16.9 Å². The van der Waals surface area contributed by atoms with Crippen LogP contribution in [0.5, 0.6) is 5.75 Å². The van der Waals surface area contributed by atoms with Crippen LogP contribution >= 0.6 is 11.6 Å². The fraction of sp³-hybridized carbons (Fsp3) is 0.0526. The molecule has 1 amide bonds. The molecule has 0 fully saturated rings. The van der Waals surface area contributed by atoms with Crippen molar-refractivity contribution >= 4 is 23.3 Å². The smallest absolute Gasteiger partial charge is 0.263 e. The number of nitrogens with zero attached hydrogens (tertiary/aromatic N) is 1. The second-order valence-corrected chi connectivity index (χ2v) is 5.47. The van der Waals surface area contributed by atoms with Gasteiger partial charge in [0.2, 0.25) is 0 Å². The topological polar surface area (TPSA) is 51.2 Å². The van der Waals surface area contributed by atoms with Gasteiger partial charge in [0, 0.05) is 6.20 Å². The lowest BCUT2D eigenvalue weighted by molar-refractivity contribution is -0.118. The summed E-state index contributed by atoms with van der Waals surface area (Å²) >= 11 is 6.25. The fourth-order valence-electron chi connectivity index (χ4n) is 2.19. The van der Waals surface area contributed by atoms with Gasteiger partial charge in [-0.05, 0) is 35.4 Å². The monoisotopic (exact) mass is 338 g/mol. The van der Waals surface area contributed by atoms with Crippen LogP contribution in [0.1, 0.15) is 0 Å². The summed E-state index contributed by atoms with van der Waals surface area (Å²) in [6.07, 6.45) is 1.61. The molecule has 0 aliphatic carbocycles. The Bertz CT molecular complexity index is 823. The molecule has 0 radical (unpaired) electrons. The van der Waals surface area contributed by atoms with E-state index >= 15 is 0 Å². The summed E-state index contributed by atoms with van der Waals surface area (Å²) in [5, 5.41) is 3.11. The zero-order valence-electron chi connectivity index (χ0n) is 12.8. The molecule has 0 saturated heterocycles. The van der Waals surface area contributed by atoms with E-state index in [-0.39, 0.29) is 12.5 Å². The number of amides is 1. The van der Waals surface area contributed by atoms with Gasteiger partial charge in [-0.2, -0.15) is 0 Å². The van der Waals surface area contributed by atoms with Crippen LogP contribution in [0, 0.1) is 0 Å². The summed E-state index contributed by atoms with van der Waals surface area (Å²) in [6, 6.07) is 20.7. The van der Waals surface area contributed by atoms with Crippen molar-refractivity contribution in [3.05, 3.63) is 77.9 Å². The second-order valence-electron chi connectivity index (χ2n) is 5.06. The number of halogens is 1. The lowest BCUT2D eigenvalue weighted by Crippen LogP contribution is -2.20. The van der Waals surface area contributed by atoms with Crippen molar-refractivity contribution in [1.29, 1.82) is 0 Å². The highest BCUT2D eigenvalue weighted by molar-refractivity contribution is 6.32. The van der Waals surface area contributed by atoms with Crippen LogP contribution in [0.2, 0.25) is 5.02 Å². The Hall–Kier alpha value is -2.85. The van der Waals surface area contributed by atoms with Crippen molar-refractivity contribution in [3.63, 3.8) is 0 Å². The predicted molar refractivity (Wildman–Crippen MR) is 95.2 cm³/mol. The quantitative estimate of drug-likeness (QED) is 0.749. The van der Waals surface area contributed by atoms with E-state index in [1.807, 2.05) is 42.5 Å². The lowest BCUT2D eigenvalue weighted by Gasteiger charge is -2.10. The van der Waals surface area contributed by atoms with Crippen molar-refractivity contribution in [1.82, 2.24) is 4.98 Å². The number of carbonyl (C=O) groups is 1. The normalized spacial score (nSPS) is 10.2. The highest BCUT2D eigenvalue weighted by Crippen LogP contribution is 2.30. The van der Waals surface area contributed by atoms with Crippen LogP contribution in [0.3, 0.4) is 0 Å². The fourth-order valence-corrected chi connectivity index (χ4v) is 2.42. The van der Waals surface area contributed by atoms with Gasteiger partial charge in [-0.1, -0.05) is 54.1 Å². The predicted octanol–water partition coefficient (Wildman–Crippen LogP) is 4.42. The Morgan fingerprint density at radius 1 is 1.00 bits per heavy atom. The summed E-state index contributed by atoms with van der Waals surface area (Å²) in [5.74, 6) is 0.654. The number of aromatic nitrogens is 1. The van der Waals surface area contributed by atoms with E-state index in [0.717, 1.165) is 11.1 Å². The van der Waals surface area contributed by atoms with E-state index in [9.17, 15) is 4.79 Å². The number of hydrogen-bond acceptors (Lipinski definition) is 3. The van der Waals surface area contributed by atoms with Gasteiger partial charge < -0.3 is 10.1 Å². The first-order valence-corrected chi connectivity index (χ1v) is 7.79. The van der Waals surface area contributed by atoms with E-state index in [0.29, 0.717) is 16.6 Å². The summed E-state index contributed by atoms with van der Waals surface area (Å²) in [7, 11) is 0. The van der Waals surface area contributed by atoms with Crippen LogP contribution in [-0.4, -0.2) is 17.5 Å². The maximum absolute atomic E-state index is 11.9. The Morgan fingerprint density at radius 3 is 2.50 bits per heavy atom. The number of pyridine rings is 1. The summed E-state index contributed by atoms with van der Waals surface area (Å²) in [5.41, 5.74) is 2.06. The lowest BCUT2D eigenvalue weighted by atomic mass is 10.1. The number of hydrogen-bond donors (Lipinski definition) is 1. The zero-order valence-corrected chi connectivity index (χ0v) is 13.5. The van der Waals surface area contributed by atoms with Crippen molar-refractivity contribution in [2.45, 2.75) is 0 Å². The molecule has 0 unspecified atom stereocenters. The Labute approximate surface area is 145 Å². The number of benzene rings is 2. The first-order valence-electron chi connectivity index (χ1n) is 7.41. The van der Waals surface area contributed by atoms with Crippen LogP contribution in [0.4, 0.5) is 5.82 Å². The van der Waals surface area contributed by atoms with Crippen molar-refractivity contribution in [2.24, 2.45) is 0 Å². The maximum atomic E-state index is 11.9. The van der Waals surface area contributed by atoms with Gasteiger partial charge >= 0.3 is 0 Å². The number of rotatable bonds is 5. The van der Waals surface area contributed by atoms with E-state index < -0.39 is 0 Å². The minimum absolute atomic E-state index is 0.138. The Balaban J connectivity index is 1.62. The Kier molecular flexibility index (Phi) is 5.08. The third-order valence-corrected chi connectivity index (χ3v) is 3.63. The van der Waals surface area contributed by atoms with Gasteiger partial charge in [0.1, 0.15) is 11.6 Å². The molecule has 3 aromatic rings. The molecule has 1 heterocycles. The molecule has 24 heavy (non-hydrogen) atoms. The minimum atomic E-state index is -0.295. The zero-order chi connectivity index (χ0) is 16.8. The molecular weight excluding hydrogens is 324 g/mol. The second kappa shape index (κ2) is 7.62. The van der Waals surface area contributed by atoms with E-state index in [1.54, 1.807) is 30.5 Å². The van der Waals surface area contributed by atoms with Gasteiger partial charge in [0.15, 0.2) is 6.61 Å². The van der Waals surface area contributed by atoms with Gasteiger partial charge in [0.05, 0.1) is 5.02 Å². The molecule has 0 bridgehead atoms. The molecular formula is C19H15ClN2O2. The standard InChI is InChI=1S/C19H15ClN2O2/c20-16-12-15(14-6-2-1-3-7-14)9-10-17(16)24-13-19(23)22-18-8-4-5-11-21-18/h1-12H,13H2,(H,21,22,23). The molecule has 4 nitrogen and oxygen atoms in total. The summed E-state index contributed by atoms with van der Waals surface area (Å²) in [4.78, 5) is 15.9. The molecule has 5 heteroatoms.